The lowest BCUT2D eigenvalue weighted by Crippen LogP contribution is -2.34. The summed E-state index contributed by atoms with van der Waals surface area (Å²) < 4.78 is 32.6. The van der Waals surface area contributed by atoms with Crippen molar-refractivity contribution in [3.05, 3.63) is 34.9 Å². The fourth-order valence-corrected chi connectivity index (χ4v) is 2.41. The number of nitrogens with one attached hydrogen (secondary N) is 1. The predicted molar refractivity (Wildman–Crippen MR) is 61.7 cm³/mol. The molecule has 4 heteroatoms. The molecule has 0 radical (unpaired) electrons. The van der Waals surface area contributed by atoms with Crippen molar-refractivity contribution in [1.82, 2.24) is 5.32 Å². The molecule has 1 unspecified atom stereocenters. The van der Waals surface area contributed by atoms with E-state index in [1.54, 1.807) is 12.1 Å². The predicted octanol–water partition coefficient (Wildman–Crippen LogP) is 2.71. The molecular formula is C13H17F2NO. The van der Waals surface area contributed by atoms with Crippen LogP contribution in [0.2, 0.25) is 0 Å². The molecule has 2 rings (SSSR count). The Balaban J connectivity index is 2.40. The third-order valence-electron chi connectivity index (χ3n) is 3.43. The van der Waals surface area contributed by atoms with Crippen LogP contribution in [0, 0.1) is 11.6 Å². The topological polar surface area (TPSA) is 21.3 Å². The standard InChI is InChI=1S/C13H17F2NO/c1-13(6-3-7-16-13)10-5-4-9(8-17-2)11(14)12(10)15/h4-5,16H,3,6-8H2,1-2H3. The quantitative estimate of drug-likeness (QED) is 0.878. The zero-order valence-electron chi connectivity index (χ0n) is 10.1. The second-order valence-corrected chi connectivity index (χ2v) is 4.70. The molecule has 0 aromatic heterocycles. The molecule has 0 aliphatic carbocycles. The fourth-order valence-electron chi connectivity index (χ4n) is 2.41. The van der Waals surface area contributed by atoms with E-state index in [2.05, 4.69) is 5.32 Å². The third kappa shape index (κ3) is 2.19. The van der Waals surface area contributed by atoms with Gasteiger partial charge in [0, 0.05) is 23.8 Å². The maximum absolute atomic E-state index is 14.0. The second-order valence-electron chi connectivity index (χ2n) is 4.70. The van der Waals surface area contributed by atoms with E-state index in [0.717, 1.165) is 19.4 Å². The molecule has 0 saturated carbocycles. The van der Waals surface area contributed by atoms with Crippen LogP contribution in [-0.2, 0) is 16.9 Å². The van der Waals surface area contributed by atoms with Gasteiger partial charge < -0.3 is 10.1 Å². The average Bonchev–Trinajstić information content (AvgIpc) is 2.73. The van der Waals surface area contributed by atoms with Gasteiger partial charge in [0.25, 0.3) is 0 Å². The summed E-state index contributed by atoms with van der Waals surface area (Å²) in [6.07, 6.45) is 1.81. The molecule has 1 atom stereocenters. The van der Waals surface area contributed by atoms with Crippen LogP contribution in [-0.4, -0.2) is 13.7 Å². The van der Waals surface area contributed by atoms with Crippen molar-refractivity contribution in [2.75, 3.05) is 13.7 Å². The zero-order chi connectivity index (χ0) is 12.5. The first-order valence-electron chi connectivity index (χ1n) is 5.80. The van der Waals surface area contributed by atoms with Gasteiger partial charge in [0.2, 0.25) is 0 Å². The lowest BCUT2D eigenvalue weighted by atomic mass is 9.89. The van der Waals surface area contributed by atoms with Gasteiger partial charge in [0.15, 0.2) is 11.6 Å². The van der Waals surface area contributed by atoms with Crippen molar-refractivity contribution in [1.29, 1.82) is 0 Å². The van der Waals surface area contributed by atoms with Gasteiger partial charge in [0.1, 0.15) is 0 Å². The highest BCUT2D eigenvalue weighted by molar-refractivity contribution is 5.32. The van der Waals surface area contributed by atoms with Crippen molar-refractivity contribution in [3.8, 4) is 0 Å². The van der Waals surface area contributed by atoms with E-state index in [1.807, 2.05) is 6.92 Å². The molecule has 1 aromatic rings. The highest BCUT2D eigenvalue weighted by Crippen LogP contribution is 2.33. The Morgan fingerprint density at radius 1 is 1.35 bits per heavy atom. The van der Waals surface area contributed by atoms with Gasteiger partial charge in [-0.3, -0.25) is 0 Å². The monoisotopic (exact) mass is 241 g/mol. The summed E-state index contributed by atoms with van der Waals surface area (Å²) in [7, 11) is 1.46. The SMILES string of the molecule is COCc1ccc(C2(C)CCCN2)c(F)c1F. The smallest absolute Gasteiger partial charge is 0.164 e. The molecule has 0 spiro atoms. The lowest BCUT2D eigenvalue weighted by molar-refractivity contribution is 0.180. The molecule has 1 aromatic carbocycles. The largest absolute Gasteiger partial charge is 0.380 e. The minimum atomic E-state index is -0.792. The average molecular weight is 241 g/mol. The van der Waals surface area contributed by atoms with Crippen molar-refractivity contribution < 1.29 is 13.5 Å². The van der Waals surface area contributed by atoms with Crippen LogP contribution in [0.15, 0.2) is 12.1 Å². The zero-order valence-corrected chi connectivity index (χ0v) is 10.1. The van der Waals surface area contributed by atoms with E-state index in [1.165, 1.54) is 7.11 Å². The first kappa shape index (κ1) is 12.5. The Morgan fingerprint density at radius 3 is 2.71 bits per heavy atom. The van der Waals surface area contributed by atoms with Crippen LogP contribution in [0.25, 0.3) is 0 Å². The molecule has 2 nitrogen and oxygen atoms in total. The van der Waals surface area contributed by atoms with Crippen LogP contribution >= 0.6 is 0 Å². The Morgan fingerprint density at radius 2 is 2.12 bits per heavy atom. The molecule has 1 aliphatic heterocycles. The number of benzene rings is 1. The van der Waals surface area contributed by atoms with E-state index in [0.29, 0.717) is 5.56 Å². The Hall–Kier alpha value is -1.00. The van der Waals surface area contributed by atoms with Crippen molar-refractivity contribution >= 4 is 0 Å². The molecule has 1 heterocycles. The molecule has 1 fully saturated rings. The van der Waals surface area contributed by atoms with E-state index >= 15 is 0 Å². The lowest BCUT2D eigenvalue weighted by Gasteiger charge is -2.26. The Kier molecular flexibility index (Phi) is 3.45. The Labute approximate surface area is 100.0 Å². The van der Waals surface area contributed by atoms with Crippen molar-refractivity contribution in [3.63, 3.8) is 0 Å². The highest BCUT2D eigenvalue weighted by atomic mass is 19.2. The van der Waals surface area contributed by atoms with Crippen LogP contribution in [0.1, 0.15) is 30.9 Å². The van der Waals surface area contributed by atoms with Crippen molar-refractivity contribution in [2.24, 2.45) is 0 Å². The number of hydrogen-bond donors (Lipinski definition) is 1. The summed E-state index contributed by atoms with van der Waals surface area (Å²) in [4.78, 5) is 0. The maximum atomic E-state index is 14.0. The highest BCUT2D eigenvalue weighted by Gasteiger charge is 2.33. The minimum absolute atomic E-state index is 0.0905. The number of hydrogen-bond acceptors (Lipinski definition) is 2. The van der Waals surface area contributed by atoms with Gasteiger partial charge in [-0.05, 0) is 26.3 Å². The minimum Gasteiger partial charge on any atom is -0.380 e. The van der Waals surface area contributed by atoms with Gasteiger partial charge in [-0.1, -0.05) is 12.1 Å². The van der Waals surface area contributed by atoms with E-state index in [9.17, 15) is 8.78 Å². The summed E-state index contributed by atoms with van der Waals surface area (Å²) in [5.74, 6) is -1.55. The van der Waals surface area contributed by atoms with Crippen LogP contribution in [0.5, 0.6) is 0 Å². The third-order valence-corrected chi connectivity index (χ3v) is 3.43. The van der Waals surface area contributed by atoms with Crippen LogP contribution in [0.4, 0.5) is 8.78 Å². The number of ether oxygens (including phenoxy) is 1. The molecule has 0 bridgehead atoms. The molecule has 1 aliphatic rings. The van der Waals surface area contributed by atoms with Gasteiger partial charge in [-0.25, -0.2) is 8.78 Å². The molecule has 1 saturated heterocycles. The van der Waals surface area contributed by atoms with E-state index in [4.69, 9.17) is 4.74 Å². The Bertz CT molecular complexity index is 414. The first-order valence-corrected chi connectivity index (χ1v) is 5.80. The summed E-state index contributed by atoms with van der Waals surface area (Å²) in [6.45, 7) is 2.85. The number of methoxy groups -OCH3 is 1. The van der Waals surface area contributed by atoms with Gasteiger partial charge in [-0.15, -0.1) is 0 Å². The first-order chi connectivity index (χ1) is 8.08. The second kappa shape index (κ2) is 4.70. The number of rotatable bonds is 3. The summed E-state index contributed by atoms with van der Waals surface area (Å²) in [5, 5.41) is 3.23. The van der Waals surface area contributed by atoms with E-state index in [-0.39, 0.29) is 12.2 Å². The van der Waals surface area contributed by atoms with Gasteiger partial charge in [-0.2, -0.15) is 0 Å². The molecule has 17 heavy (non-hydrogen) atoms. The van der Waals surface area contributed by atoms with Gasteiger partial charge in [0.05, 0.1) is 6.61 Å². The van der Waals surface area contributed by atoms with Crippen molar-refractivity contribution in [2.45, 2.75) is 31.9 Å². The summed E-state index contributed by atoms with van der Waals surface area (Å²) >= 11 is 0. The molecule has 94 valence electrons. The molecule has 1 N–H and O–H groups in total. The number of halogens is 2. The van der Waals surface area contributed by atoms with Crippen LogP contribution < -0.4 is 5.32 Å². The molecule has 0 amide bonds. The normalized spacial score (nSPS) is 24.2. The fraction of sp³-hybridized carbons (Fsp3) is 0.538. The van der Waals surface area contributed by atoms with Crippen LogP contribution in [0.3, 0.4) is 0 Å². The maximum Gasteiger partial charge on any atom is 0.164 e. The summed E-state index contributed by atoms with van der Waals surface area (Å²) in [6, 6.07) is 3.26. The van der Waals surface area contributed by atoms with E-state index < -0.39 is 17.2 Å². The van der Waals surface area contributed by atoms with Gasteiger partial charge >= 0.3 is 0 Å². The summed E-state index contributed by atoms with van der Waals surface area (Å²) in [5.41, 5.74) is 0.221. The molecular weight excluding hydrogens is 224 g/mol.